The molecule has 0 saturated heterocycles. The van der Waals surface area contributed by atoms with Gasteiger partial charge in [0.05, 0.1) is 0 Å². The van der Waals surface area contributed by atoms with Gasteiger partial charge >= 0.3 is 0 Å². The van der Waals surface area contributed by atoms with E-state index in [0.717, 1.165) is 13.0 Å². The SMILES string of the molecule is CNCCC=Cc1cccc(C(C)C)c1. The van der Waals surface area contributed by atoms with E-state index in [1.54, 1.807) is 0 Å². The summed E-state index contributed by atoms with van der Waals surface area (Å²) in [5.74, 6) is 0.607. The molecule has 1 nitrogen and oxygen atoms in total. The molecule has 0 bridgehead atoms. The second-order valence-electron chi connectivity index (χ2n) is 4.12. The van der Waals surface area contributed by atoms with Gasteiger partial charge in [-0.1, -0.05) is 50.3 Å². The molecule has 0 atom stereocenters. The minimum absolute atomic E-state index is 0.607. The fourth-order valence-corrected chi connectivity index (χ4v) is 1.47. The number of rotatable bonds is 5. The third-order valence-electron chi connectivity index (χ3n) is 2.45. The Kier molecular flexibility index (Phi) is 5.13. The molecule has 0 fully saturated rings. The molecule has 1 rings (SSSR count). The normalized spacial score (nSPS) is 11.5. The summed E-state index contributed by atoms with van der Waals surface area (Å²) in [4.78, 5) is 0. The van der Waals surface area contributed by atoms with Crippen LogP contribution in [0.3, 0.4) is 0 Å². The van der Waals surface area contributed by atoms with Gasteiger partial charge in [0, 0.05) is 0 Å². The van der Waals surface area contributed by atoms with Gasteiger partial charge in [-0.2, -0.15) is 0 Å². The molecule has 15 heavy (non-hydrogen) atoms. The summed E-state index contributed by atoms with van der Waals surface area (Å²) >= 11 is 0. The van der Waals surface area contributed by atoms with Crippen LogP contribution in [0.15, 0.2) is 30.3 Å². The maximum absolute atomic E-state index is 3.13. The van der Waals surface area contributed by atoms with Crippen molar-refractivity contribution in [3.05, 3.63) is 41.5 Å². The van der Waals surface area contributed by atoms with Crippen LogP contribution in [0.4, 0.5) is 0 Å². The smallest absolute Gasteiger partial charge is 0.00172 e. The van der Waals surface area contributed by atoms with Crippen molar-refractivity contribution in [2.75, 3.05) is 13.6 Å². The Morgan fingerprint density at radius 2 is 2.13 bits per heavy atom. The molecule has 0 heterocycles. The zero-order valence-electron chi connectivity index (χ0n) is 9.96. The van der Waals surface area contributed by atoms with Gasteiger partial charge in [0.2, 0.25) is 0 Å². The quantitative estimate of drug-likeness (QED) is 0.723. The zero-order chi connectivity index (χ0) is 11.1. The van der Waals surface area contributed by atoms with Gasteiger partial charge < -0.3 is 5.32 Å². The van der Waals surface area contributed by atoms with Crippen LogP contribution in [-0.2, 0) is 0 Å². The van der Waals surface area contributed by atoms with Crippen molar-refractivity contribution >= 4 is 6.08 Å². The summed E-state index contributed by atoms with van der Waals surface area (Å²) in [5, 5.41) is 3.13. The predicted molar refractivity (Wildman–Crippen MR) is 68.1 cm³/mol. The Hall–Kier alpha value is -1.08. The van der Waals surface area contributed by atoms with Crippen LogP contribution in [0.5, 0.6) is 0 Å². The molecule has 0 radical (unpaired) electrons. The topological polar surface area (TPSA) is 12.0 Å². The van der Waals surface area contributed by atoms with Crippen LogP contribution in [-0.4, -0.2) is 13.6 Å². The summed E-state index contributed by atoms with van der Waals surface area (Å²) in [6.07, 6.45) is 5.50. The van der Waals surface area contributed by atoms with E-state index < -0.39 is 0 Å². The standard InChI is InChI=1S/C14H21N/c1-12(2)14-9-6-8-13(11-14)7-4-5-10-15-3/h4,6-9,11-12,15H,5,10H2,1-3H3. The van der Waals surface area contributed by atoms with E-state index in [2.05, 4.69) is 55.6 Å². The lowest BCUT2D eigenvalue weighted by Gasteiger charge is -2.05. The Balaban J connectivity index is 2.61. The zero-order valence-corrected chi connectivity index (χ0v) is 9.96. The number of hydrogen-bond donors (Lipinski definition) is 1. The molecule has 0 aliphatic heterocycles. The van der Waals surface area contributed by atoms with E-state index in [9.17, 15) is 0 Å². The highest BCUT2D eigenvalue weighted by atomic mass is 14.8. The Morgan fingerprint density at radius 3 is 2.80 bits per heavy atom. The van der Waals surface area contributed by atoms with Crippen molar-refractivity contribution in [1.29, 1.82) is 0 Å². The molecule has 1 N–H and O–H groups in total. The minimum Gasteiger partial charge on any atom is -0.319 e. The Labute approximate surface area is 93.2 Å². The van der Waals surface area contributed by atoms with Gasteiger partial charge in [-0.15, -0.1) is 0 Å². The third-order valence-corrected chi connectivity index (χ3v) is 2.45. The second-order valence-corrected chi connectivity index (χ2v) is 4.12. The van der Waals surface area contributed by atoms with E-state index in [1.165, 1.54) is 11.1 Å². The minimum atomic E-state index is 0.607. The molecule has 82 valence electrons. The summed E-state index contributed by atoms with van der Waals surface area (Å²) in [7, 11) is 1.98. The summed E-state index contributed by atoms with van der Waals surface area (Å²) in [5.41, 5.74) is 2.71. The average molecular weight is 203 g/mol. The first-order valence-corrected chi connectivity index (χ1v) is 5.65. The molecule has 1 aromatic carbocycles. The van der Waals surface area contributed by atoms with Crippen LogP contribution < -0.4 is 5.32 Å². The Bertz CT molecular complexity index is 313. The Morgan fingerprint density at radius 1 is 1.33 bits per heavy atom. The highest BCUT2D eigenvalue weighted by molar-refractivity contribution is 5.50. The van der Waals surface area contributed by atoms with Gasteiger partial charge in [-0.3, -0.25) is 0 Å². The molecule has 1 aromatic rings. The summed E-state index contributed by atoms with van der Waals surface area (Å²) < 4.78 is 0. The van der Waals surface area contributed by atoms with E-state index in [4.69, 9.17) is 0 Å². The van der Waals surface area contributed by atoms with E-state index in [-0.39, 0.29) is 0 Å². The van der Waals surface area contributed by atoms with Crippen LogP contribution in [0.2, 0.25) is 0 Å². The fourth-order valence-electron chi connectivity index (χ4n) is 1.47. The van der Waals surface area contributed by atoms with Gasteiger partial charge in [-0.25, -0.2) is 0 Å². The van der Waals surface area contributed by atoms with Crippen LogP contribution in [0.1, 0.15) is 37.3 Å². The van der Waals surface area contributed by atoms with Gasteiger partial charge in [0.25, 0.3) is 0 Å². The van der Waals surface area contributed by atoms with Crippen molar-refractivity contribution < 1.29 is 0 Å². The third kappa shape index (κ3) is 4.30. The van der Waals surface area contributed by atoms with E-state index in [0.29, 0.717) is 5.92 Å². The molecule has 0 unspecified atom stereocenters. The van der Waals surface area contributed by atoms with Crippen LogP contribution in [0, 0.1) is 0 Å². The van der Waals surface area contributed by atoms with Crippen LogP contribution >= 0.6 is 0 Å². The second kappa shape index (κ2) is 6.41. The van der Waals surface area contributed by atoms with Crippen LogP contribution in [0.25, 0.3) is 6.08 Å². The molecule has 0 amide bonds. The molecular formula is C14H21N. The molecule has 0 saturated carbocycles. The largest absolute Gasteiger partial charge is 0.319 e. The van der Waals surface area contributed by atoms with Crippen molar-refractivity contribution in [1.82, 2.24) is 5.32 Å². The maximum Gasteiger partial charge on any atom is -0.00172 e. The van der Waals surface area contributed by atoms with Gasteiger partial charge in [-0.05, 0) is 37.1 Å². The summed E-state index contributed by atoms with van der Waals surface area (Å²) in [6, 6.07) is 8.74. The van der Waals surface area contributed by atoms with Crippen molar-refractivity contribution in [2.45, 2.75) is 26.2 Å². The predicted octanol–water partition coefficient (Wildman–Crippen LogP) is 3.43. The molecule has 0 aromatic heterocycles. The van der Waals surface area contributed by atoms with Gasteiger partial charge in [0.1, 0.15) is 0 Å². The van der Waals surface area contributed by atoms with Crippen molar-refractivity contribution in [3.63, 3.8) is 0 Å². The lowest BCUT2D eigenvalue weighted by atomic mass is 10.0. The molecule has 0 aliphatic rings. The number of benzene rings is 1. The maximum atomic E-state index is 3.13. The molecule has 1 heteroatoms. The first-order chi connectivity index (χ1) is 7.24. The lowest BCUT2D eigenvalue weighted by Crippen LogP contribution is -2.05. The monoisotopic (exact) mass is 203 g/mol. The number of nitrogens with one attached hydrogen (secondary N) is 1. The fraction of sp³-hybridized carbons (Fsp3) is 0.429. The van der Waals surface area contributed by atoms with Gasteiger partial charge in [0.15, 0.2) is 0 Å². The first kappa shape index (κ1) is 12.0. The average Bonchev–Trinajstić information content (AvgIpc) is 2.25. The lowest BCUT2D eigenvalue weighted by molar-refractivity contribution is 0.809. The molecular weight excluding hydrogens is 182 g/mol. The van der Waals surface area contributed by atoms with Crippen molar-refractivity contribution in [3.8, 4) is 0 Å². The molecule has 0 aliphatic carbocycles. The van der Waals surface area contributed by atoms with E-state index in [1.807, 2.05) is 7.05 Å². The summed E-state index contributed by atoms with van der Waals surface area (Å²) in [6.45, 7) is 5.49. The molecule has 0 spiro atoms. The number of hydrogen-bond acceptors (Lipinski definition) is 1. The highest BCUT2D eigenvalue weighted by Crippen LogP contribution is 2.16. The van der Waals surface area contributed by atoms with Crippen molar-refractivity contribution in [2.24, 2.45) is 0 Å². The highest BCUT2D eigenvalue weighted by Gasteiger charge is 1.97. The first-order valence-electron chi connectivity index (χ1n) is 5.65. The van der Waals surface area contributed by atoms with E-state index >= 15 is 0 Å².